The highest BCUT2D eigenvalue weighted by Gasteiger charge is 2.23. The van der Waals surface area contributed by atoms with E-state index in [9.17, 15) is 4.79 Å². The average molecular weight is 366 g/mol. The molecular weight excluding hydrogens is 334 g/mol. The molecule has 1 heterocycles. The maximum absolute atomic E-state index is 12.2. The van der Waals surface area contributed by atoms with E-state index in [4.69, 9.17) is 0 Å². The third-order valence-corrected chi connectivity index (χ3v) is 5.55. The molecule has 0 unspecified atom stereocenters. The second-order valence-electron chi connectivity index (χ2n) is 7.27. The molecule has 0 radical (unpaired) electrons. The molecule has 140 valence electrons. The summed E-state index contributed by atoms with van der Waals surface area (Å²) in [6.45, 7) is 6.10. The normalized spacial score (nSPS) is 24.3. The van der Waals surface area contributed by atoms with Crippen LogP contribution in [0.2, 0.25) is 0 Å². The van der Waals surface area contributed by atoms with Gasteiger partial charge in [-0.3, -0.25) is 9.69 Å². The van der Waals surface area contributed by atoms with Gasteiger partial charge in [0.1, 0.15) is 0 Å². The van der Waals surface area contributed by atoms with Gasteiger partial charge in [0.25, 0.3) is 0 Å². The molecule has 0 bridgehead atoms. The summed E-state index contributed by atoms with van der Waals surface area (Å²) in [5.41, 5.74) is 1.47. The summed E-state index contributed by atoms with van der Waals surface area (Å²) in [6.07, 6.45) is 5.53. The fraction of sp³-hybridized carbons (Fsp3) is 0.650. The minimum absolute atomic E-state index is 0. The van der Waals surface area contributed by atoms with E-state index in [2.05, 4.69) is 45.9 Å². The Hall–Kier alpha value is -1.10. The lowest BCUT2D eigenvalue weighted by Gasteiger charge is -2.29. The zero-order valence-corrected chi connectivity index (χ0v) is 15.9. The fourth-order valence-corrected chi connectivity index (χ4v) is 4.05. The van der Waals surface area contributed by atoms with Crippen molar-refractivity contribution in [2.75, 3.05) is 39.3 Å². The molecule has 0 aromatic heterocycles. The monoisotopic (exact) mass is 365 g/mol. The Morgan fingerprint density at radius 1 is 1.08 bits per heavy atom. The first kappa shape index (κ1) is 20.2. The molecule has 3 rings (SSSR count). The largest absolute Gasteiger partial charge is 0.355 e. The number of hydrogen-bond acceptors (Lipinski definition) is 3. The van der Waals surface area contributed by atoms with Crippen LogP contribution in [0.15, 0.2) is 30.3 Å². The second-order valence-corrected chi connectivity index (χ2v) is 7.27. The smallest absolute Gasteiger partial charge is 0.220 e. The first-order valence-corrected chi connectivity index (χ1v) is 9.56. The Kier molecular flexibility index (Phi) is 8.73. The predicted octanol–water partition coefficient (Wildman–Crippen LogP) is 2.79. The lowest BCUT2D eigenvalue weighted by molar-refractivity contribution is -0.122. The summed E-state index contributed by atoms with van der Waals surface area (Å²) in [6, 6.07) is 10.8. The van der Waals surface area contributed by atoms with Crippen LogP contribution < -0.4 is 10.6 Å². The number of carbonyl (C=O) groups is 1. The number of amides is 1. The molecule has 1 amide bonds. The van der Waals surface area contributed by atoms with Gasteiger partial charge in [0.2, 0.25) is 5.91 Å². The number of halogens is 1. The Morgan fingerprint density at radius 2 is 1.76 bits per heavy atom. The number of piperazine rings is 1. The van der Waals surface area contributed by atoms with Gasteiger partial charge in [-0.2, -0.15) is 0 Å². The quantitative estimate of drug-likeness (QED) is 0.814. The molecule has 2 aliphatic rings. The van der Waals surface area contributed by atoms with Gasteiger partial charge >= 0.3 is 0 Å². The summed E-state index contributed by atoms with van der Waals surface area (Å²) < 4.78 is 0. The summed E-state index contributed by atoms with van der Waals surface area (Å²) in [7, 11) is 0. The highest BCUT2D eigenvalue weighted by molar-refractivity contribution is 5.85. The molecule has 0 spiro atoms. The molecule has 1 aromatic carbocycles. The van der Waals surface area contributed by atoms with Crippen molar-refractivity contribution in [3.63, 3.8) is 0 Å². The zero-order chi connectivity index (χ0) is 16.6. The van der Waals surface area contributed by atoms with Crippen LogP contribution in [0.3, 0.4) is 0 Å². The third kappa shape index (κ3) is 6.61. The molecule has 5 heteroatoms. The fourth-order valence-electron chi connectivity index (χ4n) is 4.05. The van der Waals surface area contributed by atoms with Crippen LogP contribution in [-0.2, 0) is 4.79 Å². The highest BCUT2D eigenvalue weighted by atomic mass is 35.5. The van der Waals surface area contributed by atoms with Gasteiger partial charge in [-0.15, -0.1) is 12.4 Å². The predicted molar refractivity (Wildman–Crippen MR) is 105 cm³/mol. The van der Waals surface area contributed by atoms with Crippen LogP contribution in [0.5, 0.6) is 0 Å². The van der Waals surface area contributed by atoms with Crippen molar-refractivity contribution in [1.29, 1.82) is 0 Å². The van der Waals surface area contributed by atoms with Gasteiger partial charge in [-0.25, -0.2) is 0 Å². The average Bonchev–Trinajstić information content (AvgIpc) is 2.64. The first-order valence-electron chi connectivity index (χ1n) is 9.56. The van der Waals surface area contributed by atoms with Gasteiger partial charge in [0, 0.05) is 45.7 Å². The van der Waals surface area contributed by atoms with Gasteiger partial charge in [0.15, 0.2) is 0 Å². The van der Waals surface area contributed by atoms with Crippen molar-refractivity contribution in [3.8, 4) is 0 Å². The Morgan fingerprint density at radius 3 is 2.44 bits per heavy atom. The van der Waals surface area contributed by atoms with Crippen molar-refractivity contribution in [3.05, 3.63) is 35.9 Å². The highest BCUT2D eigenvalue weighted by Crippen LogP contribution is 2.36. The zero-order valence-electron chi connectivity index (χ0n) is 15.1. The van der Waals surface area contributed by atoms with Crippen molar-refractivity contribution in [1.82, 2.24) is 15.5 Å². The maximum atomic E-state index is 12.2. The van der Waals surface area contributed by atoms with E-state index in [0.717, 1.165) is 39.3 Å². The molecule has 1 aliphatic carbocycles. The number of rotatable bonds is 6. The molecule has 2 fully saturated rings. The molecule has 4 nitrogen and oxygen atoms in total. The van der Waals surface area contributed by atoms with Crippen molar-refractivity contribution in [2.45, 2.75) is 38.0 Å². The van der Waals surface area contributed by atoms with E-state index in [1.54, 1.807) is 0 Å². The Labute approximate surface area is 158 Å². The molecule has 1 aromatic rings. The second kappa shape index (κ2) is 10.8. The van der Waals surface area contributed by atoms with Crippen LogP contribution in [0, 0.1) is 5.92 Å². The Balaban J connectivity index is 0.00000225. The van der Waals surface area contributed by atoms with Gasteiger partial charge in [-0.1, -0.05) is 30.3 Å². The van der Waals surface area contributed by atoms with Crippen LogP contribution in [-0.4, -0.2) is 50.1 Å². The standard InChI is InChI=1S/C20H31N3O.ClH/c24-20(22-12-15-23-13-10-21-11-14-23)16-17-6-8-19(9-7-17)18-4-2-1-3-5-18;/h1-5,17,19,21H,6-16H2,(H,22,24);1H. The van der Waals surface area contributed by atoms with Crippen LogP contribution in [0.25, 0.3) is 0 Å². The van der Waals surface area contributed by atoms with Crippen LogP contribution in [0.4, 0.5) is 0 Å². The number of nitrogens with one attached hydrogen (secondary N) is 2. The number of nitrogens with zero attached hydrogens (tertiary/aromatic N) is 1. The van der Waals surface area contributed by atoms with Gasteiger partial charge in [0.05, 0.1) is 0 Å². The summed E-state index contributed by atoms with van der Waals surface area (Å²) >= 11 is 0. The topological polar surface area (TPSA) is 44.4 Å². The molecule has 1 saturated carbocycles. The van der Waals surface area contributed by atoms with Crippen molar-refractivity contribution < 1.29 is 4.79 Å². The number of hydrogen-bond donors (Lipinski definition) is 2. The number of benzene rings is 1. The SMILES string of the molecule is Cl.O=C(CC1CCC(c2ccccc2)CC1)NCCN1CCNCC1. The summed E-state index contributed by atoms with van der Waals surface area (Å²) in [5.74, 6) is 1.51. The van der Waals surface area contributed by atoms with E-state index in [1.807, 2.05) is 0 Å². The van der Waals surface area contributed by atoms with E-state index in [1.165, 1.54) is 31.2 Å². The van der Waals surface area contributed by atoms with Crippen LogP contribution >= 0.6 is 12.4 Å². The van der Waals surface area contributed by atoms with Gasteiger partial charge < -0.3 is 10.6 Å². The molecular formula is C20H32ClN3O. The van der Waals surface area contributed by atoms with Gasteiger partial charge in [-0.05, 0) is 43.1 Å². The van der Waals surface area contributed by atoms with Crippen molar-refractivity contribution in [2.24, 2.45) is 5.92 Å². The molecule has 1 aliphatic heterocycles. The molecule has 1 saturated heterocycles. The summed E-state index contributed by atoms with van der Waals surface area (Å²) in [4.78, 5) is 14.6. The van der Waals surface area contributed by atoms with E-state index >= 15 is 0 Å². The van der Waals surface area contributed by atoms with Crippen LogP contribution in [0.1, 0.15) is 43.6 Å². The minimum Gasteiger partial charge on any atom is -0.355 e. The van der Waals surface area contributed by atoms with E-state index in [0.29, 0.717) is 18.3 Å². The molecule has 2 N–H and O–H groups in total. The molecule has 0 atom stereocenters. The number of carbonyl (C=O) groups excluding carboxylic acids is 1. The van der Waals surface area contributed by atoms with E-state index < -0.39 is 0 Å². The third-order valence-electron chi connectivity index (χ3n) is 5.55. The Bertz CT molecular complexity index is 497. The maximum Gasteiger partial charge on any atom is 0.220 e. The lowest BCUT2D eigenvalue weighted by atomic mass is 9.77. The lowest BCUT2D eigenvalue weighted by Crippen LogP contribution is -2.46. The molecule has 25 heavy (non-hydrogen) atoms. The van der Waals surface area contributed by atoms with E-state index in [-0.39, 0.29) is 18.3 Å². The minimum atomic E-state index is 0. The first-order chi connectivity index (χ1) is 11.8. The van der Waals surface area contributed by atoms with Crippen molar-refractivity contribution >= 4 is 18.3 Å². The summed E-state index contributed by atoms with van der Waals surface area (Å²) in [5, 5.41) is 6.47.